The molecule has 2 heterocycles. The summed E-state index contributed by atoms with van der Waals surface area (Å²) in [5, 5.41) is 12.0. The largest absolute Gasteiger partial charge is 0.497 e. The van der Waals surface area contributed by atoms with Crippen LogP contribution in [0.3, 0.4) is 0 Å². The predicted molar refractivity (Wildman–Crippen MR) is 110 cm³/mol. The Morgan fingerprint density at radius 1 is 1.46 bits per heavy atom. The van der Waals surface area contributed by atoms with Crippen molar-refractivity contribution < 1.29 is 14.3 Å². The Balaban J connectivity index is 1.69. The number of carbonyl (C=O) groups excluding carboxylic acids is 1. The van der Waals surface area contributed by atoms with E-state index >= 15 is 0 Å². The topological polar surface area (TPSA) is 78.3 Å². The summed E-state index contributed by atoms with van der Waals surface area (Å²) in [6, 6.07) is 7.65. The maximum absolute atomic E-state index is 12.4. The van der Waals surface area contributed by atoms with Gasteiger partial charge < -0.3 is 14.8 Å². The lowest BCUT2D eigenvalue weighted by atomic mass is 10.2. The van der Waals surface area contributed by atoms with Gasteiger partial charge in [0.25, 0.3) is 0 Å². The predicted octanol–water partition coefficient (Wildman–Crippen LogP) is 2.92. The zero-order chi connectivity index (χ0) is 19.9. The number of hydrogen-bond donors (Lipinski definition) is 1. The van der Waals surface area contributed by atoms with Crippen LogP contribution in [0.1, 0.15) is 19.8 Å². The van der Waals surface area contributed by atoms with Crippen LogP contribution in [-0.2, 0) is 16.1 Å². The number of amides is 1. The van der Waals surface area contributed by atoms with Crippen LogP contribution in [0.5, 0.6) is 5.75 Å². The van der Waals surface area contributed by atoms with Gasteiger partial charge in [-0.05, 0) is 44.0 Å². The summed E-state index contributed by atoms with van der Waals surface area (Å²) in [5.41, 5.74) is 0.928. The highest BCUT2D eigenvalue weighted by molar-refractivity contribution is 8.00. The molecular formula is C20H26N4O3S. The normalized spacial score (nSPS) is 17.3. The van der Waals surface area contributed by atoms with E-state index in [-0.39, 0.29) is 17.3 Å². The van der Waals surface area contributed by atoms with Crippen LogP contribution in [0.15, 0.2) is 42.1 Å². The molecule has 150 valence electrons. The van der Waals surface area contributed by atoms with E-state index < -0.39 is 0 Å². The summed E-state index contributed by atoms with van der Waals surface area (Å²) in [6.45, 7) is 7.59. The molecular weight excluding hydrogens is 376 g/mol. The third-order valence-corrected chi connectivity index (χ3v) is 5.64. The average Bonchev–Trinajstić information content (AvgIpc) is 3.37. The van der Waals surface area contributed by atoms with Crippen LogP contribution >= 0.6 is 11.8 Å². The van der Waals surface area contributed by atoms with Crippen molar-refractivity contribution in [2.45, 2.75) is 42.8 Å². The van der Waals surface area contributed by atoms with E-state index in [1.807, 2.05) is 35.8 Å². The van der Waals surface area contributed by atoms with E-state index in [1.54, 1.807) is 13.2 Å². The highest BCUT2D eigenvalue weighted by Gasteiger charge is 2.22. The van der Waals surface area contributed by atoms with Gasteiger partial charge in [-0.2, -0.15) is 0 Å². The highest BCUT2D eigenvalue weighted by atomic mass is 32.2. The number of carbonyl (C=O) groups is 1. The molecule has 0 spiro atoms. The molecule has 1 N–H and O–H groups in total. The molecule has 28 heavy (non-hydrogen) atoms. The Labute approximate surface area is 169 Å². The third-order valence-electron chi connectivity index (χ3n) is 4.56. The van der Waals surface area contributed by atoms with Gasteiger partial charge in [0, 0.05) is 25.3 Å². The molecule has 0 unspecified atom stereocenters. The maximum atomic E-state index is 12.4. The maximum Gasteiger partial charge on any atom is 0.233 e. The van der Waals surface area contributed by atoms with Gasteiger partial charge in [-0.3, -0.25) is 9.36 Å². The Hall–Kier alpha value is -2.32. The summed E-state index contributed by atoms with van der Waals surface area (Å²) in [5.74, 6) is 1.49. The summed E-state index contributed by atoms with van der Waals surface area (Å²) >= 11 is 1.39. The Morgan fingerprint density at radius 3 is 2.89 bits per heavy atom. The number of allylic oxidation sites excluding steroid dienone is 1. The molecule has 1 aliphatic rings. The summed E-state index contributed by atoms with van der Waals surface area (Å²) in [4.78, 5) is 12.4. The molecule has 0 saturated carbocycles. The van der Waals surface area contributed by atoms with Gasteiger partial charge in [-0.15, -0.1) is 16.8 Å². The Morgan fingerprint density at radius 2 is 2.25 bits per heavy atom. The lowest BCUT2D eigenvalue weighted by molar-refractivity contribution is -0.120. The SMILES string of the molecule is C=CCn1c(S[C@@H](C)C(=O)NC[C@@H]2CCCO2)nnc1-c1ccc(OC)cc1. The van der Waals surface area contributed by atoms with Gasteiger partial charge in [0.05, 0.1) is 18.5 Å². The lowest BCUT2D eigenvalue weighted by Gasteiger charge is -2.15. The first-order valence-electron chi connectivity index (χ1n) is 9.37. The standard InChI is InChI=1S/C20H26N4O3S/c1-4-11-24-18(15-7-9-16(26-3)10-8-15)22-23-20(24)28-14(2)19(25)21-13-17-6-5-12-27-17/h4,7-10,14,17H,1,5-6,11-13H2,2-3H3,(H,21,25)/t14-,17-/m0/s1. The van der Waals surface area contributed by atoms with Crippen molar-refractivity contribution in [1.29, 1.82) is 0 Å². The van der Waals surface area contributed by atoms with E-state index in [9.17, 15) is 4.79 Å². The number of thioether (sulfide) groups is 1. The van der Waals surface area contributed by atoms with Crippen molar-refractivity contribution in [3.8, 4) is 17.1 Å². The minimum absolute atomic E-state index is 0.0281. The van der Waals surface area contributed by atoms with Crippen LogP contribution in [-0.4, -0.2) is 52.3 Å². The van der Waals surface area contributed by atoms with Crippen LogP contribution in [0.4, 0.5) is 0 Å². The second-order valence-corrected chi connectivity index (χ2v) is 7.88. The van der Waals surface area contributed by atoms with Crippen LogP contribution in [0.25, 0.3) is 11.4 Å². The van der Waals surface area contributed by atoms with Gasteiger partial charge in [0.1, 0.15) is 5.75 Å². The Kier molecular flexibility index (Phi) is 7.11. The van der Waals surface area contributed by atoms with Crippen molar-refractivity contribution >= 4 is 17.7 Å². The summed E-state index contributed by atoms with van der Waals surface area (Å²) in [6.07, 6.45) is 3.99. The number of nitrogens with zero attached hydrogens (tertiary/aromatic N) is 3. The molecule has 7 nitrogen and oxygen atoms in total. The van der Waals surface area contributed by atoms with E-state index in [1.165, 1.54) is 11.8 Å². The minimum Gasteiger partial charge on any atom is -0.497 e. The van der Waals surface area contributed by atoms with Gasteiger partial charge >= 0.3 is 0 Å². The molecule has 2 aromatic rings. The summed E-state index contributed by atoms with van der Waals surface area (Å²) < 4.78 is 12.7. The first-order valence-corrected chi connectivity index (χ1v) is 10.2. The van der Waals surface area contributed by atoms with Crippen LogP contribution in [0.2, 0.25) is 0 Å². The first-order chi connectivity index (χ1) is 13.6. The van der Waals surface area contributed by atoms with E-state index in [2.05, 4.69) is 22.1 Å². The van der Waals surface area contributed by atoms with Crippen molar-refractivity contribution in [1.82, 2.24) is 20.1 Å². The first kappa shape index (κ1) is 20.4. The molecule has 1 fully saturated rings. The highest BCUT2D eigenvalue weighted by Crippen LogP contribution is 2.28. The fraction of sp³-hybridized carbons (Fsp3) is 0.450. The van der Waals surface area contributed by atoms with Crippen molar-refractivity contribution in [3.63, 3.8) is 0 Å². The second kappa shape index (κ2) is 9.75. The number of aromatic nitrogens is 3. The zero-order valence-corrected chi connectivity index (χ0v) is 17.1. The fourth-order valence-electron chi connectivity index (χ4n) is 3.00. The molecule has 0 aliphatic carbocycles. The molecule has 1 aromatic carbocycles. The quantitative estimate of drug-likeness (QED) is 0.513. The number of ether oxygens (including phenoxy) is 2. The third kappa shape index (κ3) is 4.94. The van der Waals surface area contributed by atoms with Gasteiger partial charge in [0.15, 0.2) is 11.0 Å². The monoisotopic (exact) mass is 402 g/mol. The van der Waals surface area contributed by atoms with Crippen molar-refractivity contribution in [2.24, 2.45) is 0 Å². The number of benzene rings is 1. The van der Waals surface area contributed by atoms with Crippen LogP contribution < -0.4 is 10.1 Å². The summed E-state index contributed by atoms with van der Waals surface area (Å²) in [7, 11) is 1.63. The molecule has 1 aromatic heterocycles. The van der Waals surface area contributed by atoms with Crippen molar-refractivity contribution in [2.75, 3.05) is 20.3 Å². The molecule has 3 rings (SSSR count). The fourth-order valence-corrected chi connectivity index (χ4v) is 3.88. The minimum atomic E-state index is -0.294. The molecule has 1 amide bonds. The number of methoxy groups -OCH3 is 1. The number of nitrogens with one attached hydrogen (secondary N) is 1. The molecule has 0 bridgehead atoms. The number of hydrogen-bond acceptors (Lipinski definition) is 6. The number of rotatable bonds is 9. The van der Waals surface area contributed by atoms with E-state index in [4.69, 9.17) is 9.47 Å². The smallest absolute Gasteiger partial charge is 0.233 e. The lowest BCUT2D eigenvalue weighted by Crippen LogP contribution is -2.36. The molecule has 8 heteroatoms. The van der Waals surface area contributed by atoms with Crippen molar-refractivity contribution in [3.05, 3.63) is 36.9 Å². The van der Waals surface area contributed by atoms with E-state index in [0.717, 1.165) is 36.6 Å². The second-order valence-electron chi connectivity index (χ2n) is 6.57. The molecule has 1 saturated heterocycles. The van der Waals surface area contributed by atoms with Gasteiger partial charge in [-0.1, -0.05) is 17.8 Å². The molecule has 2 atom stereocenters. The average molecular weight is 403 g/mol. The van der Waals surface area contributed by atoms with Gasteiger partial charge in [0.2, 0.25) is 5.91 Å². The van der Waals surface area contributed by atoms with Crippen LogP contribution in [0, 0.1) is 0 Å². The Bertz CT molecular complexity index is 800. The molecule has 0 radical (unpaired) electrons. The molecule has 1 aliphatic heterocycles. The van der Waals surface area contributed by atoms with Gasteiger partial charge in [-0.25, -0.2) is 0 Å². The van der Waals surface area contributed by atoms with E-state index in [0.29, 0.717) is 18.2 Å². The zero-order valence-electron chi connectivity index (χ0n) is 16.3.